The Bertz CT molecular complexity index is 366. The highest BCUT2D eigenvalue weighted by Gasteiger charge is 2.13. The van der Waals surface area contributed by atoms with Gasteiger partial charge in [-0.2, -0.15) is 0 Å². The Labute approximate surface area is 85.9 Å². The number of hydrogen-bond donors (Lipinski definition) is 2. The summed E-state index contributed by atoms with van der Waals surface area (Å²) in [5.74, 6) is -0.202. The average Bonchev–Trinajstić information content (AvgIpc) is 2.20. The van der Waals surface area contributed by atoms with Crippen LogP contribution in [0, 0.1) is 10.1 Å². The van der Waals surface area contributed by atoms with E-state index in [0.717, 1.165) is 6.07 Å². The summed E-state index contributed by atoms with van der Waals surface area (Å²) in [4.78, 5) is 9.85. The normalized spacial score (nSPS) is 12.1. The van der Waals surface area contributed by atoms with Crippen molar-refractivity contribution in [2.75, 3.05) is 6.61 Å². The Kier molecular flexibility index (Phi) is 3.46. The molecule has 0 radical (unpaired) electrons. The molecule has 1 aromatic rings. The Balaban J connectivity index is 2.95. The predicted octanol–water partition coefficient (Wildman–Crippen LogP) is 1.06. The number of benzene rings is 1. The quantitative estimate of drug-likeness (QED) is 0.576. The van der Waals surface area contributed by atoms with Crippen LogP contribution in [0.1, 0.15) is 6.92 Å². The molecule has 6 heteroatoms. The van der Waals surface area contributed by atoms with Crippen LogP contribution in [0.3, 0.4) is 0 Å². The summed E-state index contributed by atoms with van der Waals surface area (Å²) in [6, 6.07) is 3.46. The van der Waals surface area contributed by atoms with Crippen LogP contribution in [0.2, 0.25) is 0 Å². The van der Waals surface area contributed by atoms with E-state index in [4.69, 9.17) is 9.84 Å². The maximum atomic E-state index is 10.4. The molecule has 0 fully saturated rings. The van der Waals surface area contributed by atoms with Gasteiger partial charge in [-0.3, -0.25) is 10.1 Å². The Morgan fingerprint density at radius 3 is 2.80 bits per heavy atom. The molecule has 1 aromatic carbocycles. The number of phenolic OH excluding ortho intramolecular Hbond substituents is 1. The van der Waals surface area contributed by atoms with Gasteiger partial charge in [0.15, 0.2) is 11.5 Å². The van der Waals surface area contributed by atoms with Crippen LogP contribution in [0.4, 0.5) is 5.69 Å². The first kappa shape index (κ1) is 11.3. The van der Waals surface area contributed by atoms with E-state index in [2.05, 4.69) is 0 Å². The fraction of sp³-hybridized carbons (Fsp3) is 0.333. The molecule has 0 bridgehead atoms. The van der Waals surface area contributed by atoms with Gasteiger partial charge in [0.2, 0.25) is 0 Å². The number of aliphatic hydroxyl groups excluding tert-OH is 1. The number of nitro groups is 1. The molecule has 0 aliphatic carbocycles. The molecule has 0 aliphatic rings. The highest BCUT2D eigenvalue weighted by atomic mass is 16.6. The largest absolute Gasteiger partial charge is 0.504 e. The number of nitro benzene ring substituents is 1. The topological polar surface area (TPSA) is 92.8 Å². The SMILES string of the molecule is C[C@H](CO)Oc1cc([N+](=O)[O-])ccc1O. The summed E-state index contributed by atoms with van der Waals surface area (Å²) in [6.07, 6.45) is -0.530. The zero-order valence-electron chi connectivity index (χ0n) is 8.08. The van der Waals surface area contributed by atoms with Gasteiger partial charge in [-0.05, 0) is 13.0 Å². The fourth-order valence-electron chi connectivity index (χ4n) is 0.965. The Morgan fingerprint density at radius 1 is 1.60 bits per heavy atom. The molecule has 0 aromatic heterocycles. The number of non-ortho nitro benzene ring substituents is 1. The molecule has 0 heterocycles. The monoisotopic (exact) mass is 213 g/mol. The third kappa shape index (κ3) is 2.81. The van der Waals surface area contributed by atoms with Crippen molar-refractivity contribution in [1.29, 1.82) is 0 Å². The lowest BCUT2D eigenvalue weighted by Gasteiger charge is -2.12. The zero-order chi connectivity index (χ0) is 11.4. The molecule has 6 nitrogen and oxygen atoms in total. The molecule has 0 saturated heterocycles. The lowest BCUT2D eigenvalue weighted by Crippen LogP contribution is -2.16. The maximum absolute atomic E-state index is 10.4. The van der Waals surface area contributed by atoms with Gasteiger partial charge in [0, 0.05) is 6.07 Å². The Morgan fingerprint density at radius 2 is 2.27 bits per heavy atom. The van der Waals surface area contributed by atoms with E-state index in [-0.39, 0.29) is 23.8 Å². The first-order valence-electron chi connectivity index (χ1n) is 4.29. The van der Waals surface area contributed by atoms with Gasteiger partial charge >= 0.3 is 0 Å². The number of ether oxygens (including phenoxy) is 1. The van der Waals surface area contributed by atoms with Crippen molar-refractivity contribution in [3.8, 4) is 11.5 Å². The third-order valence-corrected chi connectivity index (χ3v) is 1.74. The molecule has 15 heavy (non-hydrogen) atoms. The van der Waals surface area contributed by atoms with Gasteiger partial charge in [-0.1, -0.05) is 0 Å². The minimum atomic E-state index is -0.587. The summed E-state index contributed by atoms with van der Waals surface area (Å²) < 4.78 is 5.08. The molecule has 0 amide bonds. The van der Waals surface area contributed by atoms with Crippen LogP contribution in [-0.2, 0) is 0 Å². The van der Waals surface area contributed by atoms with E-state index < -0.39 is 11.0 Å². The second-order valence-electron chi connectivity index (χ2n) is 3.02. The van der Waals surface area contributed by atoms with E-state index in [1.54, 1.807) is 6.92 Å². The number of aromatic hydroxyl groups is 1. The fourth-order valence-corrected chi connectivity index (χ4v) is 0.965. The molecule has 1 rings (SSSR count). The molecular weight excluding hydrogens is 202 g/mol. The van der Waals surface area contributed by atoms with Gasteiger partial charge in [0.25, 0.3) is 5.69 Å². The second kappa shape index (κ2) is 4.61. The van der Waals surface area contributed by atoms with Crippen LogP contribution in [-0.4, -0.2) is 27.8 Å². The average molecular weight is 213 g/mol. The van der Waals surface area contributed by atoms with Gasteiger partial charge in [-0.15, -0.1) is 0 Å². The molecule has 0 aliphatic heterocycles. The first-order chi connectivity index (χ1) is 7.04. The van der Waals surface area contributed by atoms with E-state index in [1.165, 1.54) is 12.1 Å². The molecule has 1 atom stereocenters. The molecule has 2 N–H and O–H groups in total. The third-order valence-electron chi connectivity index (χ3n) is 1.74. The number of rotatable bonds is 4. The highest BCUT2D eigenvalue weighted by molar-refractivity contribution is 5.47. The van der Waals surface area contributed by atoms with Crippen LogP contribution < -0.4 is 4.74 Å². The zero-order valence-corrected chi connectivity index (χ0v) is 8.08. The smallest absolute Gasteiger partial charge is 0.273 e. The number of phenols is 1. The van der Waals surface area contributed by atoms with Gasteiger partial charge in [0.05, 0.1) is 17.6 Å². The van der Waals surface area contributed by atoms with Crippen LogP contribution in [0.5, 0.6) is 11.5 Å². The molecular formula is C9H11NO5. The Hall–Kier alpha value is -1.82. The van der Waals surface area contributed by atoms with E-state index in [9.17, 15) is 15.2 Å². The lowest BCUT2D eigenvalue weighted by atomic mass is 10.3. The van der Waals surface area contributed by atoms with Crippen molar-refractivity contribution in [2.45, 2.75) is 13.0 Å². The van der Waals surface area contributed by atoms with Crippen LogP contribution in [0.25, 0.3) is 0 Å². The van der Waals surface area contributed by atoms with Crippen LogP contribution >= 0.6 is 0 Å². The van der Waals surface area contributed by atoms with Crippen molar-refractivity contribution < 1.29 is 19.9 Å². The van der Waals surface area contributed by atoms with Crippen LogP contribution in [0.15, 0.2) is 18.2 Å². The molecule has 0 spiro atoms. The molecule has 82 valence electrons. The highest BCUT2D eigenvalue weighted by Crippen LogP contribution is 2.30. The first-order valence-corrected chi connectivity index (χ1v) is 4.29. The van der Waals surface area contributed by atoms with Crippen molar-refractivity contribution in [3.05, 3.63) is 28.3 Å². The van der Waals surface area contributed by atoms with Gasteiger partial charge in [0.1, 0.15) is 6.10 Å². The van der Waals surface area contributed by atoms with E-state index >= 15 is 0 Å². The van der Waals surface area contributed by atoms with Gasteiger partial charge in [-0.25, -0.2) is 0 Å². The van der Waals surface area contributed by atoms with Gasteiger partial charge < -0.3 is 14.9 Å². The molecule has 0 unspecified atom stereocenters. The predicted molar refractivity (Wildman–Crippen MR) is 51.9 cm³/mol. The summed E-state index contributed by atoms with van der Waals surface area (Å²) >= 11 is 0. The van der Waals surface area contributed by atoms with Crippen molar-refractivity contribution >= 4 is 5.69 Å². The second-order valence-corrected chi connectivity index (χ2v) is 3.02. The summed E-state index contributed by atoms with van der Waals surface area (Å²) in [5.41, 5.74) is -0.173. The molecule has 0 saturated carbocycles. The van der Waals surface area contributed by atoms with Crippen molar-refractivity contribution in [2.24, 2.45) is 0 Å². The standard InChI is InChI=1S/C9H11NO5/c1-6(5-11)15-9-4-7(10(13)14)2-3-8(9)12/h2-4,6,11-12H,5H2,1H3/t6-/m1/s1. The number of aliphatic hydroxyl groups is 1. The van der Waals surface area contributed by atoms with E-state index in [0.29, 0.717) is 0 Å². The maximum Gasteiger partial charge on any atom is 0.273 e. The number of nitrogens with zero attached hydrogens (tertiary/aromatic N) is 1. The summed E-state index contributed by atoms with van der Waals surface area (Å²) in [7, 11) is 0. The lowest BCUT2D eigenvalue weighted by molar-refractivity contribution is -0.385. The van der Waals surface area contributed by atoms with Crippen molar-refractivity contribution in [3.63, 3.8) is 0 Å². The minimum Gasteiger partial charge on any atom is -0.504 e. The summed E-state index contributed by atoms with van der Waals surface area (Å²) in [5, 5.41) is 28.5. The van der Waals surface area contributed by atoms with Crippen molar-refractivity contribution in [1.82, 2.24) is 0 Å². The number of hydrogen-bond acceptors (Lipinski definition) is 5. The van der Waals surface area contributed by atoms with E-state index in [1.807, 2.05) is 0 Å². The minimum absolute atomic E-state index is 0.00856. The summed E-state index contributed by atoms with van der Waals surface area (Å²) in [6.45, 7) is 1.35.